The summed E-state index contributed by atoms with van der Waals surface area (Å²) in [5.74, 6) is -5.35. The van der Waals surface area contributed by atoms with Gasteiger partial charge in [0.2, 0.25) is 17.7 Å². The van der Waals surface area contributed by atoms with Crippen LogP contribution >= 0.6 is 0 Å². The number of hydrogen-bond acceptors (Lipinski definition) is 8. The molecule has 0 saturated heterocycles. The smallest absolute Gasteiger partial charge is 0.326 e. The van der Waals surface area contributed by atoms with E-state index in [-0.39, 0.29) is 38.2 Å². The molecule has 0 aliphatic heterocycles. The number of carboxylic acids is 2. The summed E-state index contributed by atoms with van der Waals surface area (Å²) in [4.78, 5) is 68.5. The number of aromatic amines is 1. The van der Waals surface area contributed by atoms with E-state index in [0.717, 1.165) is 10.9 Å². The number of carbonyl (C=O) groups excluding carboxylic acids is 3. The van der Waals surface area contributed by atoms with E-state index in [1.165, 1.54) is 0 Å². The van der Waals surface area contributed by atoms with Crippen molar-refractivity contribution in [3.05, 3.63) is 36.0 Å². The normalized spacial score (nSPS) is 13.8. The van der Waals surface area contributed by atoms with Crippen molar-refractivity contribution in [2.45, 2.75) is 56.3 Å². The molecule has 0 aliphatic rings. The van der Waals surface area contributed by atoms with Crippen LogP contribution in [0.25, 0.3) is 10.9 Å². The Morgan fingerprint density at radius 1 is 0.902 bits per heavy atom. The van der Waals surface area contributed by atoms with Gasteiger partial charge in [0.1, 0.15) is 24.2 Å². The van der Waals surface area contributed by atoms with Crippen molar-refractivity contribution in [2.24, 2.45) is 22.2 Å². The molecular formula is C25H36N8O8. The highest BCUT2D eigenvalue weighted by atomic mass is 16.4. The first-order valence-electron chi connectivity index (χ1n) is 12.8. The molecule has 1 heterocycles. The molecule has 13 N–H and O–H groups in total. The molecular weight excluding hydrogens is 540 g/mol. The number of benzene rings is 1. The van der Waals surface area contributed by atoms with Crippen LogP contribution in [0.5, 0.6) is 0 Å². The number of carboxylic acid groups (broad SMARTS) is 2. The lowest BCUT2D eigenvalue weighted by molar-refractivity contribution is -0.143. The number of guanidine groups is 1. The van der Waals surface area contributed by atoms with Crippen LogP contribution in [-0.4, -0.2) is 93.2 Å². The lowest BCUT2D eigenvalue weighted by Crippen LogP contribution is -2.58. The monoisotopic (exact) mass is 576 g/mol. The highest BCUT2D eigenvalue weighted by Gasteiger charge is 2.31. The number of nitrogens with one attached hydrogen (secondary N) is 4. The van der Waals surface area contributed by atoms with E-state index in [2.05, 4.69) is 25.9 Å². The van der Waals surface area contributed by atoms with Crippen molar-refractivity contribution in [3.8, 4) is 0 Å². The second kappa shape index (κ2) is 15.8. The number of aliphatic hydroxyl groups excluding tert-OH is 1. The van der Waals surface area contributed by atoms with E-state index in [4.69, 9.17) is 22.3 Å². The Hall–Kier alpha value is -4.70. The molecule has 0 bridgehead atoms. The number of hydrogen-bond donors (Lipinski definition) is 10. The number of aliphatic hydroxyl groups is 1. The maximum atomic E-state index is 13.5. The predicted molar refractivity (Wildman–Crippen MR) is 147 cm³/mol. The van der Waals surface area contributed by atoms with Gasteiger partial charge in [-0.1, -0.05) is 18.2 Å². The summed E-state index contributed by atoms with van der Waals surface area (Å²) in [6.45, 7) is -0.569. The molecule has 4 atom stereocenters. The van der Waals surface area contributed by atoms with Crippen molar-refractivity contribution < 1.29 is 39.3 Å². The average Bonchev–Trinajstić information content (AvgIpc) is 3.33. The van der Waals surface area contributed by atoms with E-state index in [1.807, 2.05) is 18.2 Å². The zero-order chi connectivity index (χ0) is 30.5. The van der Waals surface area contributed by atoms with Crippen molar-refractivity contribution in [1.29, 1.82) is 0 Å². The van der Waals surface area contributed by atoms with Crippen LogP contribution < -0.4 is 33.2 Å². The second-order valence-corrected chi connectivity index (χ2v) is 9.26. The first kappa shape index (κ1) is 32.5. The summed E-state index contributed by atoms with van der Waals surface area (Å²) in [7, 11) is 0. The van der Waals surface area contributed by atoms with Gasteiger partial charge in [-0.3, -0.25) is 24.2 Å². The summed E-state index contributed by atoms with van der Waals surface area (Å²) in [5.41, 5.74) is 17.7. The number of aliphatic imine (C=N–C) groups is 1. The fraction of sp³-hybridized carbons (Fsp3) is 0.440. The van der Waals surface area contributed by atoms with Gasteiger partial charge in [0, 0.05) is 36.5 Å². The Morgan fingerprint density at radius 2 is 1.54 bits per heavy atom. The third kappa shape index (κ3) is 10.4. The van der Waals surface area contributed by atoms with Gasteiger partial charge in [-0.05, 0) is 30.9 Å². The lowest BCUT2D eigenvalue weighted by Gasteiger charge is -2.25. The number of aliphatic carboxylic acids is 2. The largest absolute Gasteiger partial charge is 0.481 e. The maximum Gasteiger partial charge on any atom is 0.326 e. The minimum Gasteiger partial charge on any atom is -0.481 e. The minimum absolute atomic E-state index is 0.0154. The number of H-pyrrole nitrogens is 1. The Kier molecular flexibility index (Phi) is 12.5. The molecule has 1 aromatic carbocycles. The molecule has 0 radical (unpaired) electrons. The molecule has 16 nitrogen and oxygen atoms in total. The van der Waals surface area contributed by atoms with Gasteiger partial charge < -0.3 is 53.5 Å². The van der Waals surface area contributed by atoms with E-state index in [0.29, 0.717) is 5.56 Å². The average molecular weight is 577 g/mol. The van der Waals surface area contributed by atoms with Crippen LogP contribution in [0.2, 0.25) is 0 Å². The number of nitrogens with two attached hydrogens (primary N) is 3. The predicted octanol–water partition coefficient (Wildman–Crippen LogP) is -2.51. The Balaban J connectivity index is 2.30. The fourth-order valence-corrected chi connectivity index (χ4v) is 3.93. The van der Waals surface area contributed by atoms with Crippen molar-refractivity contribution in [1.82, 2.24) is 20.9 Å². The Bertz CT molecular complexity index is 1260. The summed E-state index contributed by atoms with van der Waals surface area (Å²) in [5, 5.41) is 35.7. The highest BCUT2D eigenvalue weighted by molar-refractivity contribution is 5.95. The zero-order valence-corrected chi connectivity index (χ0v) is 22.2. The van der Waals surface area contributed by atoms with Gasteiger partial charge in [0.15, 0.2) is 5.96 Å². The van der Waals surface area contributed by atoms with Crippen LogP contribution in [0.4, 0.5) is 0 Å². The van der Waals surface area contributed by atoms with Crippen molar-refractivity contribution >= 4 is 46.5 Å². The summed E-state index contributed by atoms with van der Waals surface area (Å²) >= 11 is 0. The van der Waals surface area contributed by atoms with E-state index < -0.39 is 66.9 Å². The third-order valence-electron chi connectivity index (χ3n) is 6.11. The van der Waals surface area contributed by atoms with E-state index in [9.17, 15) is 34.2 Å². The molecule has 2 rings (SSSR count). The summed E-state index contributed by atoms with van der Waals surface area (Å²) < 4.78 is 0. The summed E-state index contributed by atoms with van der Waals surface area (Å²) in [6.07, 6.45) is 0.939. The Labute approximate surface area is 234 Å². The molecule has 0 spiro atoms. The zero-order valence-electron chi connectivity index (χ0n) is 22.2. The van der Waals surface area contributed by atoms with E-state index in [1.54, 1.807) is 12.3 Å². The minimum atomic E-state index is -1.53. The third-order valence-corrected chi connectivity index (χ3v) is 6.11. The molecule has 2 aromatic rings. The van der Waals surface area contributed by atoms with Crippen LogP contribution in [0.15, 0.2) is 35.5 Å². The van der Waals surface area contributed by atoms with E-state index >= 15 is 0 Å². The molecule has 16 heteroatoms. The van der Waals surface area contributed by atoms with Crippen molar-refractivity contribution in [3.63, 3.8) is 0 Å². The number of carbonyl (C=O) groups is 5. The van der Waals surface area contributed by atoms with Gasteiger partial charge in [0.25, 0.3) is 0 Å². The van der Waals surface area contributed by atoms with Crippen LogP contribution in [0, 0.1) is 0 Å². The summed E-state index contributed by atoms with van der Waals surface area (Å²) in [6, 6.07) is 1.90. The molecule has 0 aliphatic carbocycles. The van der Waals surface area contributed by atoms with Crippen molar-refractivity contribution in [2.75, 3.05) is 13.2 Å². The molecule has 224 valence electrons. The molecule has 1 aromatic heterocycles. The van der Waals surface area contributed by atoms with Gasteiger partial charge in [-0.15, -0.1) is 0 Å². The van der Waals surface area contributed by atoms with Crippen LogP contribution in [0.3, 0.4) is 0 Å². The molecule has 0 fully saturated rings. The SMILES string of the molecule is NC(N)=NCCCC(NC(=O)C(Cc1c[nH]c2ccccc12)NC(=O)C(N)CO)C(=O)NC(CCC(=O)O)C(=O)O. The van der Waals surface area contributed by atoms with Crippen LogP contribution in [-0.2, 0) is 30.4 Å². The Morgan fingerprint density at radius 3 is 2.17 bits per heavy atom. The van der Waals surface area contributed by atoms with Gasteiger partial charge in [-0.25, -0.2) is 4.79 Å². The number of amides is 3. The molecule has 4 unspecified atom stereocenters. The number of para-hydroxylation sites is 1. The molecule has 3 amide bonds. The quantitative estimate of drug-likeness (QED) is 0.0533. The lowest BCUT2D eigenvalue weighted by atomic mass is 10.0. The number of aromatic nitrogens is 1. The maximum absolute atomic E-state index is 13.5. The topological polar surface area (TPSA) is 288 Å². The molecule has 0 saturated carbocycles. The first-order chi connectivity index (χ1) is 19.4. The first-order valence-corrected chi connectivity index (χ1v) is 12.8. The molecule has 41 heavy (non-hydrogen) atoms. The number of rotatable bonds is 17. The number of fused-ring (bicyclic) bond motifs is 1. The van der Waals surface area contributed by atoms with Gasteiger partial charge in [0.05, 0.1) is 6.61 Å². The fourth-order valence-electron chi connectivity index (χ4n) is 3.93. The number of nitrogens with zero attached hydrogens (tertiary/aromatic N) is 1. The highest BCUT2D eigenvalue weighted by Crippen LogP contribution is 2.19. The second-order valence-electron chi connectivity index (χ2n) is 9.26. The van der Waals surface area contributed by atoms with Gasteiger partial charge in [-0.2, -0.15) is 0 Å². The standard InChI is InChI=1S/C25H36N8O8/c26-15(12-34)21(37)33-19(10-13-11-30-16-5-2-1-4-14(13)16)23(39)31-17(6-3-9-29-25(27)28)22(38)32-18(24(40)41)7-8-20(35)36/h1-2,4-5,11,15,17-19,30,34H,3,6-10,12,26H2,(H,31,39)(H,32,38)(H,33,37)(H,35,36)(H,40,41)(H4,27,28,29). The van der Waals surface area contributed by atoms with Gasteiger partial charge >= 0.3 is 11.9 Å². The van der Waals surface area contributed by atoms with Crippen LogP contribution in [0.1, 0.15) is 31.2 Å².